The van der Waals surface area contributed by atoms with Crippen LogP contribution in [0, 0.1) is 18.6 Å². The number of amides is 2. The number of carbonyl (C=O) groups is 1. The zero-order valence-corrected chi connectivity index (χ0v) is 15.7. The average Bonchev–Trinajstić information content (AvgIpc) is 3.22. The third kappa shape index (κ3) is 3.59. The number of imidazole rings is 1. The van der Waals surface area contributed by atoms with Crippen molar-refractivity contribution in [2.45, 2.75) is 13.5 Å². The summed E-state index contributed by atoms with van der Waals surface area (Å²) in [5, 5.41) is 5.22. The van der Waals surface area contributed by atoms with Crippen molar-refractivity contribution in [1.29, 1.82) is 0 Å². The van der Waals surface area contributed by atoms with Gasteiger partial charge in [0.2, 0.25) is 0 Å². The number of urea groups is 1. The Morgan fingerprint density at radius 2 is 1.89 bits per heavy atom. The van der Waals surface area contributed by atoms with E-state index in [2.05, 4.69) is 15.6 Å². The normalized spacial score (nSPS) is 11.0. The molecule has 2 aromatic carbocycles. The number of aryl methyl sites for hydroxylation is 1. The molecule has 0 spiro atoms. The zero-order chi connectivity index (χ0) is 19.7. The first-order chi connectivity index (χ1) is 13.5. The monoisotopic (exact) mass is 398 g/mol. The summed E-state index contributed by atoms with van der Waals surface area (Å²) in [4.78, 5) is 18.3. The molecule has 0 unspecified atom stereocenters. The minimum atomic E-state index is -0.489. The van der Waals surface area contributed by atoms with Crippen LogP contribution in [0.2, 0.25) is 0 Å². The van der Waals surface area contributed by atoms with Crippen LogP contribution >= 0.6 is 11.3 Å². The maximum atomic E-state index is 13.6. The molecule has 0 saturated heterocycles. The van der Waals surface area contributed by atoms with Crippen molar-refractivity contribution >= 4 is 28.0 Å². The van der Waals surface area contributed by atoms with Gasteiger partial charge in [-0.1, -0.05) is 23.5 Å². The third-order valence-electron chi connectivity index (χ3n) is 4.32. The number of nitrogens with one attached hydrogen (secondary N) is 2. The Bertz CT molecular complexity index is 1150. The predicted molar refractivity (Wildman–Crippen MR) is 105 cm³/mol. The number of fused-ring (bicyclic) bond motifs is 1. The number of hydrogen-bond donors (Lipinski definition) is 2. The maximum Gasteiger partial charge on any atom is 0.319 e. The van der Waals surface area contributed by atoms with Gasteiger partial charge in [-0.15, -0.1) is 0 Å². The predicted octanol–water partition coefficient (Wildman–Crippen LogP) is 4.97. The number of thiazole rings is 1. The smallest absolute Gasteiger partial charge is 0.319 e. The maximum absolute atomic E-state index is 13.6. The molecule has 0 aliphatic heterocycles. The number of anilines is 1. The van der Waals surface area contributed by atoms with E-state index in [9.17, 15) is 13.6 Å². The Kier molecular flexibility index (Phi) is 4.79. The number of nitrogens with zero attached hydrogens (tertiary/aromatic N) is 2. The lowest BCUT2D eigenvalue weighted by Gasteiger charge is -2.07. The van der Waals surface area contributed by atoms with Crippen LogP contribution in [0.1, 0.15) is 10.6 Å². The molecule has 4 rings (SSSR count). The molecular weight excluding hydrogens is 382 g/mol. The Morgan fingerprint density at radius 1 is 1.14 bits per heavy atom. The summed E-state index contributed by atoms with van der Waals surface area (Å²) in [5.41, 5.74) is 2.67. The van der Waals surface area contributed by atoms with Crippen molar-refractivity contribution < 1.29 is 13.6 Å². The van der Waals surface area contributed by atoms with Gasteiger partial charge in [0.15, 0.2) is 4.96 Å². The highest BCUT2D eigenvalue weighted by Gasteiger charge is 2.14. The lowest BCUT2D eigenvalue weighted by Crippen LogP contribution is -2.28. The van der Waals surface area contributed by atoms with Gasteiger partial charge in [0.05, 0.1) is 17.9 Å². The van der Waals surface area contributed by atoms with Crippen LogP contribution in [0.4, 0.5) is 19.3 Å². The zero-order valence-electron chi connectivity index (χ0n) is 14.9. The van der Waals surface area contributed by atoms with Crippen LogP contribution in [0.3, 0.4) is 0 Å². The topological polar surface area (TPSA) is 58.4 Å². The quantitative estimate of drug-likeness (QED) is 0.510. The van der Waals surface area contributed by atoms with Crippen LogP contribution < -0.4 is 10.6 Å². The van der Waals surface area contributed by atoms with Gasteiger partial charge in [-0.25, -0.2) is 18.6 Å². The second-order valence-corrected chi connectivity index (χ2v) is 7.25. The summed E-state index contributed by atoms with van der Waals surface area (Å²) in [6, 6.07) is 11.7. The molecule has 0 atom stereocenters. The summed E-state index contributed by atoms with van der Waals surface area (Å²) in [5.74, 6) is -0.778. The van der Waals surface area contributed by atoms with Crippen molar-refractivity contribution in [2.75, 3.05) is 5.32 Å². The third-order valence-corrected chi connectivity index (χ3v) is 5.48. The molecule has 2 N–H and O–H groups in total. The van der Waals surface area contributed by atoms with Gasteiger partial charge in [0, 0.05) is 22.3 Å². The minimum absolute atomic E-state index is 0.127. The van der Waals surface area contributed by atoms with Gasteiger partial charge < -0.3 is 10.6 Å². The highest BCUT2D eigenvalue weighted by atomic mass is 32.1. The van der Waals surface area contributed by atoms with Gasteiger partial charge in [-0.2, -0.15) is 0 Å². The van der Waals surface area contributed by atoms with E-state index >= 15 is 0 Å². The molecule has 2 heterocycles. The second-order valence-electron chi connectivity index (χ2n) is 6.18. The first-order valence-corrected chi connectivity index (χ1v) is 9.35. The number of halogens is 2. The van der Waals surface area contributed by atoms with E-state index in [1.54, 1.807) is 24.3 Å². The van der Waals surface area contributed by atoms with Crippen LogP contribution in [0.25, 0.3) is 16.2 Å². The first-order valence-electron chi connectivity index (χ1n) is 8.54. The van der Waals surface area contributed by atoms with Crippen LogP contribution in [-0.2, 0) is 6.54 Å². The second kappa shape index (κ2) is 7.40. The molecule has 0 fully saturated rings. The fraction of sp³-hybridized carbons (Fsp3) is 0.100. The molecule has 8 heteroatoms. The minimum Gasteiger partial charge on any atom is -0.333 e. The van der Waals surface area contributed by atoms with E-state index in [-0.39, 0.29) is 11.5 Å². The molecule has 0 aliphatic carbocycles. The van der Waals surface area contributed by atoms with Gasteiger partial charge >= 0.3 is 6.03 Å². The average molecular weight is 398 g/mol. The lowest BCUT2D eigenvalue weighted by atomic mass is 10.2. The summed E-state index contributed by atoms with van der Waals surface area (Å²) in [6.07, 6.45) is 1.89. The largest absolute Gasteiger partial charge is 0.333 e. The molecule has 28 heavy (non-hydrogen) atoms. The van der Waals surface area contributed by atoms with Crippen LogP contribution in [0.5, 0.6) is 0 Å². The molecule has 0 aliphatic rings. The van der Waals surface area contributed by atoms with E-state index in [4.69, 9.17) is 0 Å². The molecule has 0 bridgehead atoms. The van der Waals surface area contributed by atoms with Crippen molar-refractivity contribution in [3.05, 3.63) is 76.9 Å². The number of rotatable bonds is 4. The van der Waals surface area contributed by atoms with E-state index in [0.717, 1.165) is 26.8 Å². The van der Waals surface area contributed by atoms with Crippen LogP contribution in [0.15, 0.2) is 54.7 Å². The summed E-state index contributed by atoms with van der Waals surface area (Å²) < 4.78 is 28.6. The van der Waals surface area contributed by atoms with Gasteiger partial charge in [0.25, 0.3) is 0 Å². The molecule has 2 amide bonds. The molecule has 2 aromatic heterocycles. The van der Waals surface area contributed by atoms with E-state index < -0.39 is 11.8 Å². The SMILES string of the molecule is Cc1c(CNC(=O)Nc2ccccc2F)sc2nc(-c3ccc(F)cc3)cn12. The van der Waals surface area contributed by atoms with Gasteiger partial charge in [-0.05, 0) is 43.3 Å². The number of para-hydroxylation sites is 1. The fourth-order valence-electron chi connectivity index (χ4n) is 2.81. The number of aromatic nitrogens is 2. The fourth-order valence-corrected chi connectivity index (χ4v) is 3.85. The molecule has 0 saturated carbocycles. The van der Waals surface area contributed by atoms with E-state index in [0.29, 0.717) is 6.54 Å². The van der Waals surface area contributed by atoms with Crippen molar-refractivity contribution in [3.8, 4) is 11.3 Å². The Balaban J connectivity index is 1.47. The lowest BCUT2D eigenvalue weighted by molar-refractivity contribution is 0.251. The Hall–Kier alpha value is -3.26. The number of carbonyl (C=O) groups excluding carboxylic acids is 1. The summed E-state index contributed by atoms with van der Waals surface area (Å²) in [6.45, 7) is 2.23. The Labute approximate surface area is 163 Å². The molecule has 0 radical (unpaired) electrons. The standard InChI is InChI=1S/C20H16F2N4OS/c1-12-18(10-23-19(27)24-16-5-3-2-4-15(16)22)28-20-25-17(11-26(12)20)13-6-8-14(21)9-7-13/h2-9,11H,10H2,1H3,(H2,23,24,27). The molecule has 5 nitrogen and oxygen atoms in total. The highest BCUT2D eigenvalue weighted by Crippen LogP contribution is 2.27. The van der Waals surface area contributed by atoms with Crippen LogP contribution in [-0.4, -0.2) is 15.4 Å². The van der Waals surface area contributed by atoms with Crippen molar-refractivity contribution in [1.82, 2.24) is 14.7 Å². The van der Waals surface area contributed by atoms with Gasteiger partial charge in [-0.3, -0.25) is 4.40 Å². The van der Waals surface area contributed by atoms with E-state index in [1.807, 2.05) is 17.5 Å². The molecular formula is C20H16F2N4OS. The Morgan fingerprint density at radius 3 is 2.61 bits per heavy atom. The first kappa shape index (κ1) is 18.1. The van der Waals surface area contributed by atoms with Crippen molar-refractivity contribution in [3.63, 3.8) is 0 Å². The summed E-state index contributed by atoms with van der Waals surface area (Å²) >= 11 is 1.46. The van der Waals surface area contributed by atoms with E-state index in [1.165, 1.54) is 35.6 Å². The summed E-state index contributed by atoms with van der Waals surface area (Å²) in [7, 11) is 0. The molecule has 4 aromatic rings. The highest BCUT2D eigenvalue weighted by molar-refractivity contribution is 7.17. The van der Waals surface area contributed by atoms with Gasteiger partial charge in [0.1, 0.15) is 11.6 Å². The van der Waals surface area contributed by atoms with Crippen molar-refractivity contribution in [2.24, 2.45) is 0 Å². The number of benzene rings is 2. The molecule has 142 valence electrons. The number of hydrogen-bond acceptors (Lipinski definition) is 3.